The van der Waals surface area contributed by atoms with Gasteiger partial charge in [0.2, 0.25) is 5.95 Å². The molecule has 1 heterocycles. The minimum Gasteiger partial charge on any atom is -0.369 e. The third kappa shape index (κ3) is 2.75. The Kier molecular flexibility index (Phi) is 3.85. The van der Waals surface area contributed by atoms with Gasteiger partial charge in [-0.25, -0.2) is 4.98 Å². The topological polar surface area (TPSA) is 60.9 Å². The summed E-state index contributed by atoms with van der Waals surface area (Å²) < 4.78 is 2.52. The van der Waals surface area contributed by atoms with Gasteiger partial charge in [-0.05, 0) is 43.4 Å². The van der Waals surface area contributed by atoms with Crippen LogP contribution >= 0.6 is 15.9 Å². The van der Waals surface area contributed by atoms with E-state index in [2.05, 4.69) is 33.0 Å². The first-order chi connectivity index (χ1) is 10.1. The summed E-state index contributed by atoms with van der Waals surface area (Å²) in [5, 5.41) is 0. The van der Waals surface area contributed by atoms with Crippen molar-refractivity contribution in [1.29, 1.82) is 0 Å². The van der Waals surface area contributed by atoms with Crippen LogP contribution in [0, 0.1) is 0 Å². The molecule has 4 nitrogen and oxygen atoms in total. The molecule has 1 aliphatic carbocycles. The summed E-state index contributed by atoms with van der Waals surface area (Å²) >= 11 is 3.50. The van der Waals surface area contributed by atoms with Gasteiger partial charge in [0.1, 0.15) is 0 Å². The number of nitrogens with zero attached hydrogens (tertiary/aromatic N) is 2. The minimum absolute atomic E-state index is 0.0106. The molecule has 0 aliphatic heterocycles. The van der Waals surface area contributed by atoms with Crippen LogP contribution < -0.4 is 11.3 Å². The molecule has 110 valence electrons. The van der Waals surface area contributed by atoms with Gasteiger partial charge in [0.25, 0.3) is 5.56 Å². The third-order valence-electron chi connectivity index (χ3n) is 4.19. The lowest BCUT2D eigenvalue weighted by atomic mass is 9.83. The molecule has 3 rings (SSSR count). The Bertz CT molecular complexity index is 739. The number of halogens is 1. The molecule has 1 atom stereocenters. The first-order valence-electron chi connectivity index (χ1n) is 7.16. The van der Waals surface area contributed by atoms with Crippen LogP contribution in [0.3, 0.4) is 0 Å². The molecule has 2 aromatic rings. The van der Waals surface area contributed by atoms with Gasteiger partial charge in [-0.15, -0.1) is 0 Å². The molecular weight excluding hydrogens is 330 g/mol. The van der Waals surface area contributed by atoms with E-state index in [1.165, 1.54) is 10.1 Å². The summed E-state index contributed by atoms with van der Waals surface area (Å²) in [6.45, 7) is 0. The summed E-state index contributed by atoms with van der Waals surface area (Å²) in [4.78, 5) is 16.8. The van der Waals surface area contributed by atoms with E-state index in [0.717, 1.165) is 41.4 Å². The molecule has 5 heteroatoms. The number of anilines is 1. The van der Waals surface area contributed by atoms with Gasteiger partial charge >= 0.3 is 0 Å². The maximum Gasteiger partial charge on any atom is 0.258 e. The second-order valence-electron chi connectivity index (χ2n) is 5.62. The van der Waals surface area contributed by atoms with Gasteiger partial charge in [0.15, 0.2) is 0 Å². The zero-order valence-electron chi connectivity index (χ0n) is 12.0. The Morgan fingerprint density at radius 3 is 3.05 bits per heavy atom. The fraction of sp³-hybridized carbons (Fsp3) is 0.375. The number of benzene rings is 1. The SMILES string of the molecule is Cn1c(N)nc2c(c1=O)CCCC2Cc1cccc(Br)c1. The molecule has 1 aliphatic rings. The van der Waals surface area contributed by atoms with Crippen molar-refractivity contribution in [2.75, 3.05) is 5.73 Å². The average molecular weight is 348 g/mol. The Hall–Kier alpha value is -1.62. The molecule has 0 bridgehead atoms. The third-order valence-corrected chi connectivity index (χ3v) is 4.68. The summed E-state index contributed by atoms with van der Waals surface area (Å²) in [7, 11) is 1.68. The van der Waals surface area contributed by atoms with Crippen molar-refractivity contribution in [3.8, 4) is 0 Å². The zero-order valence-corrected chi connectivity index (χ0v) is 13.6. The van der Waals surface area contributed by atoms with E-state index in [1.54, 1.807) is 7.05 Å². The molecule has 0 spiro atoms. The van der Waals surface area contributed by atoms with Crippen LogP contribution in [0.1, 0.15) is 35.6 Å². The number of hydrogen-bond acceptors (Lipinski definition) is 3. The molecule has 0 amide bonds. The zero-order chi connectivity index (χ0) is 15.0. The van der Waals surface area contributed by atoms with Gasteiger partial charge in [-0.1, -0.05) is 28.1 Å². The number of hydrogen-bond donors (Lipinski definition) is 1. The highest BCUT2D eigenvalue weighted by atomic mass is 79.9. The van der Waals surface area contributed by atoms with Crippen molar-refractivity contribution in [3.63, 3.8) is 0 Å². The van der Waals surface area contributed by atoms with Gasteiger partial charge in [0.05, 0.1) is 5.69 Å². The maximum absolute atomic E-state index is 12.3. The summed E-state index contributed by atoms with van der Waals surface area (Å²) in [6.07, 6.45) is 3.79. The predicted molar refractivity (Wildman–Crippen MR) is 87.4 cm³/mol. The van der Waals surface area contributed by atoms with E-state index in [4.69, 9.17) is 5.73 Å². The average Bonchev–Trinajstić information content (AvgIpc) is 2.46. The first kappa shape index (κ1) is 14.3. The number of nitrogen functional groups attached to an aromatic ring is 1. The number of rotatable bonds is 2. The van der Waals surface area contributed by atoms with Crippen LogP contribution in [-0.2, 0) is 19.9 Å². The summed E-state index contributed by atoms with van der Waals surface area (Å²) in [5.74, 6) is 0.583. The monoisotopic (exact) mass is 347 g/mol. The van der Waals surface area contributed by atoms with Gasteiger partial charge in [-0.2, -0.15) is 0 Å². The van der Waals surface area contributed by atoms with Crippen LogP contribution in [0.4, 0.5) is 5.95 Å². The fourth-order valence-corrected chi connectivity index (χ4v) is 3.51. The van der Waals surface area contributed by atoms with Crippen molar-refractivity contribution in [2.24, 2.45) is 7.05 Å². The largest absolute Gasteiger partial charge is 0.369 e. The number of fused-ring (bicyclic) bond motifs is 1. The molecule has 0 radical (unpaired) electrons. The van der Waals surface area contributed by atoms with Crippen molar-refractivity contribution in [1.82, 2.24) is 9.55 Å². The fourth-order valence-electron chi connectivity index (χ4n) is 3.06. The molecule has 0 saturated carbocycles. The summed E-state index contributed by atoms with van der Waals surface area (Å²) in [5.41, 5.74) is 8.88. The van der Waals surface area contributed by atoms with Crippen LogP contribution in [0.25, 0.3) is 0 Å². The normalized spacial score (nSPS) is 17.5. The summed E-state index contributed by atoms with van der Waals surface area (Å²) in [6, 6.07) is 8.29. The second-order valence-corrected chi connectivity index (χ2v) is 6.54. The molecule has 1 aromatic heterocycles. The van der Waals surface area contributed by atoms with Crippen LogP contribution in [0.5, 0.6) is 0 Å². The molecule has 1 unspecified atom stereocenters. The van der Waals surface area contributed by atoms with Crippen molar-refractivity contribution in [2.45, 2.75) is 31.6 Å². The number of aromatic nitrogens is 2. The highest BCUT2D eigenvalue weighted by Crippen LogP contribution is 2.32. The maximum atomic E-state index is 12.3. The molecule has 2 N–H and O–H groups in total. The van der Waals surface area contributed by atoms with Crippen LogP contribution in [0.15, 0.2) is 33.5 Å². The van der Waals surface area contributed by atoms with Gasteiger partial charge < -0.3 is 5.73 Å². The highest BCUT2D eigenvalue weighted by molar-refractivity contribution is 9.10. The van der Waals surface area contributed by atoms with Crippen LogP contribution in [-0.4, -0.2) is 9.55 Å². The van der Waals surface area contributed by atoms with E-state index >= 15 is 0 Å². The number of nitrogens with two attached hydrogens (primary N) is 1. The Balaban J connectivity index is 1.99. The van der Waals surface area contributed by atoms with Crippen molar-refractivity contribution >= 4 is 21.9 Å². The van der Waals surface area contributed by atoms with E-state index in [1.807, 2.05) is 12.1 Å². The first-order valence-corrected chi connectivity index (χ1v) is 7.95. The van der Waals surface area contributed by atoms with Gasteiger partial charge in [0, 0.05) is 23.0 Å². The lowest BCUT2D eigenvalue weighted by molar-refractivity contribution is 0.525. The lowest BCUT2D eigenvalue weighted by Crippen LogP contribution is -2.30. The van der Waals surface area contributed by atoms with Crippen molar-refractivity contribution < 1.29 is 0 Å². The quantitative estimate of drug-likeness (QED) is 0.908. The molecule has 21 heavy (non-hydrogen) atoms. The minimum atomic E-state index is 0.0106. The Morgan fingerprint density at radius 2 is 2.29 bits per heavy atom. The highest BCUT2D eigenvalue weighted by Gasteiger charge is 2.25. The molecule has 0 fully saturated rings. The van der Waals surface area contributed by atoms with Gasteiger partial charge in [-0.3, -0.25) is 9.36 Å². The van der Waals surface area contributed by atoms with Crippen molar-refractivity contribution in [3.05, 3.63) is 55.9 Å². The van der Waals surface area contributed by atoms with E-state index < -0.39 is 0 Å². The Labute approximate surface area is 132 Å². The van der Waals surface area contributed by atoms with Crippen LogP contribution in [0.2, 0.25) is 0 Å². The molecule has 0 saturated heterocycles. The standard InChI is InChI=1S/C16H18BrN3O/c1-20-15(21)13-7-3-5-11(14(13)19-16(20)18)8-10-4-2-6-12(17)9-10/h2,4,6,9,11H,3,5,7-8H2,1H3,(H2,18,19). The molecular formula is C16H18BrN3O. The van der Waals surface area contributed by atoms with E-state index in [-0.39, 0.29) is 11.5 Å². The Morgan fingerprint density at radius 1 is 1.48 bits per heavy atom. The second kappa shape index (κ2) is 5.64. The smallest absolute Gasteiger partial charge is 0.258 e. The predicted octanol–water partition coefficient (Wildman–Crippen LogP) is 2.79. The lowest BCUT2D eigenvalue weighted by Gasteiger charge is -2.25. The van der Waals surface area contributed by atoms with E-state index in [9.17, 15) is 4.79 Å². The molecule has 1 aromatic carbocycles. The van der Waals surface area contributed by atoms with E-state index in [0.29, 0.717) is 5.95 Å².